The lowest BCUT2D eigenvalue weighted by Gasteiger charge is -2.14. The second-order valence-corrected chi connectivity index (χ2v) is 7.04. The number of para-hydroxylation sites is 2. The summed E-state index contributed by atoms with van der Waals surface area (Å²) in [7, 11) is 3.99. The van der Waals surface area contributed by atoms with Crippen LogP contribution < -0.4 is 10.1 Å². The Balaban J connectivity index is 1.75. The largest absolute Gasteiger partial charge is 0.491 e. The minimum atomic E-state index is -0.188. The van der Waals surface area contributed by atoms with Crippen LogP contribution in [0.25, 0.3) is 21.8 Å². The van der Waals surface area contributed by atoms with Crippen molar-refractivity contribution in [2.45, 2.75) is 0 Å². The molecule has 1 heterocycles. The number of ether oxygens (including phenoxy) is 1. The summed E-state index contributed by atoms with van der Waals surface area (Å²) in [6.45, 7) is 1.28. The van der Waals surface area contributed by atoms with Crippen molar-refractivity contribution in [2.24, 2.45) is 0 Å². The van der Waals surface area contributed by atoms with Gasteiger partial charge in [0.15, 0.2) is 0 Å². The van der Waals surface area contributed by atoms with Crippen LogP contribution in [0.3, 0.4) is 0 Å². The van der Waals surface area contributed by atoms with Crippen molar-refractivity contribution in [3.63, 3.8) is 0 Å². The van der Waals surface area contributed by atoms with E-state index in [-0.39, 0.29) is 5.91 Å². The van der Waals surface area contributed by atoms with Crippen molar-refractivity contribution in [3.8, 4) is 5.75 Å². The van der Waals surface area contributed by atoms with E-state index in [1.54, 1.807) is 0 Å². The second kappa shape index (κ2) is 7.74. The number of fused-ring (bicyclic) bond motifs is 3. The van der Waals surface area contributed by atoms with Crippen molar-refractivity contribution in [1.82, 2.24) is 9.88 Å². The van der Waals surface area contributed by atoms with Crippen LogP contribution in [0.1, 0.15) is 10.4 Å². The van der Waals surface area contributed by atoms with Crippen LogP contribution in [0.4, 0.5) is 5.69 Å². The lowest BCUT2D eigenvalue weighted by Crippen LogP contribution is -2.20. The van der Waals surface area contributed by atoms with Crippen molar-refractivity contribution >= 4 is 33.4 Å². The number of likely N-dealkylation sites (N-methyl/N-ethyl adjacent to an activating group) is 1. The van der Waals surface area contributed by atoms with Crippen molar-refractivity contribution in [2.75, 3.05) is 32.6 Å². The topological polar surface area (TPSA) is 57.4 Å². The van der Waals surface area contributed by atoms with Gasteiger partial charge in [-0.15, -0.1) is 0 Å². The monoisotopic (exact) mass is 373 g/mol. The number of nitrogens with zero attached hydrogens (tertiary/aromatic N) is 1. The molecule has 0 aliphatic carbocycles. The summed E-state index contributed by atoms with van der Waals surface area (Å²) in [5.41, 5.74) is 3.22. The number of H-pyrrole nitrogens is 1. The lowest BCUT2D eigenvalue weighted by molar-refractivity contribution is 0.102. The average Bonchev–Trinajstić information content (AvgIpc) is 3.05. The molecule has 5 heteroatoms. The summed E-state index contributed by atoms with van der Waals surface area (Å²) in [6, 6.07) is 21.4. The van der Waals surface area contributed by atoms with Crippen LogP contribution in [-0.4, -0.2) is 43.0 Å². The van der Waals surface area contributed by atoms with Gasteiger partial charge in [0.25, 0.3) is 5.91 Å². The Morgan fingerprint density at radius 3 is 2.50 bits per heavy atom. The molecule has 0 saturated carbocycles. The van der Waals surface area contributed by atoms with E-state index in [0.29, 0.717) is 17.9 Å². The molecule has 1 aromatic heterocycles. The van der Waals surface area contributed by atoms with Crippen LogP contribution in [0.5, 0.6) is 5.75 Å². The molecule has 1 amide bonds. The number of rotatable bonds is 6. The summed E-state index contributed by atoms with van der Waals surface area (Å²) >= 11 is 0. The molecule has 3 aromatic carbocycles. The second-order valence-electron chi connectivity index (χ2n) is 7.04. The number of carbonyl (C=O) groups excluding carboxylic acids is 1. The minimum Gasteiger partial charge on any atom is -0.491 e. The molecule has 0 spiro atoms. The van der Waals surface area contributed by atoms with E-state index in [9.17, 15) is 4.79 Å². The minimum absolute atomic E-state index is 0.188. The van der Waals surface area contributed by atoms with Crippen LogP contribution in [-0.2, 0) is 0 Å². The maximum absolute atomic E-state index is 13.0. The number of benzene rings is 3. The first-order valence-corrected chi connectivity index (χ1v) is 9.30. The normalized spacial score (nSPS) is 11.2. The van der Waals surface area contributed by atoms with Gasteiger partial charge in [0.1, 0.15) is 12.4 Å². The predicted molar refractivity (Wildman–Crippen MR) is 114 cm³/mol. The number of anilines is 1. The van der Waals surface area contributed by atoms with Gasteiger partial charge in [0.05, 0.1) is 5.56 Å². The summed E-state index contributed by atoms with van der Waals surface area (Å²) < 4.78 is 6.02. The first-order chi connectivity index (χ1) is 13.6. The van der Waals surface area contributed by atoms with Gasteiger partial charge < -0.3 is 19.9 Å². The van der Waals surface area contributed by atoms with Gasteiger partial charge in [0.2, 0.25) is 0 Å². The summed E-state index contributed by atoms with van der Waals surface area (Å²) in [6.07, 6.45) is 0. The van der Waals surface area contributed by atoms with E-state index < -0.39 is 0 Å². The highest BCUT2D eigenvalue weighted by Gasteiger charge is 2.17. The molecular formula is C23H23N3O2. The molecule has 0 aliphatic heterocycles. The number of aromatic amines is 1. The zero-order chi connectivity index (χ0) is 19.5. The highest BCUT2D eigenvalue weighted by molar-refractivity contribution is 6.13. The molecule has 28 heavy (non-hydrogen) atoms. The molecule has 4 rings (SSSR count). The standard InChI is InChI=1S/C23H23N3O2/c1-26(2)12-13-28-22-15-18-17-10-6-7-11-20(17)25-21(18)14-19(22)23(27)24-16-8-4-3-5-9-16/h3-11,14-15,25H,12-13H2,1-2H3,(H,24,27). The molecule has 2 N–H and O–H groups in total. The Bertz CT molecular complexity index is 1120. The molecule has 0 bridgehead atoms. The van der Waals surface area contributed by atoms with Crippen molar-refractivity contribution in [3.05, 3.63) is 72.3 Å². The summed E-state index contributed by atoms with van der Waals surface area (Å²) in [4.78, 5) is 18.4. The van der Waals surface area contributed by atoms with Gasteiger partial charge in [-0.2, -0.15) is 0 Å². The van der Waals surface area contributed by atoms with Crippen LogP contribution in [0.15, 0.2) is 66.7 Å². The molecule has 0 saturated heterocycles. The first kappa shape index (κ1) is 18.1. The molecule has 0 aliphatic rings. The van der Waals surface area contributed by atoms with E-state index in [2.05, 4.69) is 16.4 Å². The molecule has 5 nitrogen and oxygen atoms in total. The number of carbonyl (C=O) groups is 1. The smallest absolute Gasteiger partial charge is 0.259 e. The van der Waals surface area contributed by atoms with Gasteiger partial charge >= 0.3 is 0 Å². The van der Waals surface area contributed by atoms with Crippen LogP contribution in [0.2, 0.25) is 0 Å². The third kappa shape index (κ3) is 3.70. The van der Waals surface area contributed by atoms with Gasteiger partial charge in [-0.1, -0.05) is 36.4 Å². The molecule has 0 fully saturated rings. The lowest BCUT2D eigenvalue weighted by atomic mass is 10.1. The first-order valence-electron chi connectivity index (χ1n) is 9.30. The SMILES string of the molecule is CN(C)CCOc1cc2c(cc1C(=O)Nc1ccccc1)[nH]c1ccccc12. The zero-order valence-corrected chi connectivity index (χ0v) is 16.0. The molecule has 0 unspecified atom stereocenters. The number of amides is 1. The number of hydrogen-bond acceptors (Lipinski definition) is 3. The van der Waals surface area contributed by atoms with Gasteiger partial charge in [-0.05, 0) is 44.4 Å². The van der Waals surface area contributed by atoms with E-state index in [0.717, 1.165) is 34.0 Å². The van der Waals surface area contributed by atoms with E-state index in [4.69, 9.17) is 4.74 Å². The summed E-state index contributed by atoms with van der Waals surface area (Å²) in [5.74, 6) is 0.402. The zero-order valence-electron chi connectivity index (χ0n) is 16.0. The van der Waals surface area contributed by atoms with Crippen molar-refractivity contribution in [1.29, 1.82) is 0 Å². The number of hydrogen-bond donors (Lipinski definition) is 2. The Morgan fingerprint density at radius 2 is 1.71 bits per heavy atom. The van der Waals surface area contributed by atoms with Crippen LogP contribution in [0, 0.1) is 0 Å². The molecule has 0 atom stereocenters. The van der Waals surface area contributed by atoms with E-state index in [1.807, 2.05) is 79.7 Å². The van der Waals surface area contributed by atoms with Crippen molar-refractivity contribution < 1.29 is 9.53 Å². The maximum Gasteiger partial charge on any atom is 0.259 e. The highest BCUT2D eigenvalue weighted by atomic mass is 16.5. The fraction of sp³-hybridized carbons (Fsp3) is 0.174. The van der Waals surface area contributed by atoms with Gasteiger partial charge in [-0.25, -0.2) is 0 Å². The average molecular weight is 373 g/mol. The highest BCUT2D eigenvalue weighted by Crippen LogP contribution is 2.32. The van der Waals surface area contributed by atoms with Crippen LogP contribution >= 0.6 is 0 Å². The summed E-state index contributed by atoms with van der Waals surface area (Å²) in [5, 5.41) is 5.12. The number of nitrogens with one attached hydrogen (secondary N) is 2. The Labute approximate surface area is 163 Å². The van der Waals surface area contributed by atoms with Gasteiger partial charge in [0, 0.05) is 34.0 Å². The molecule has 0 radical (unpaired) electrons. The fourth-order valence-electron chi connectivity index (χ4n) is 3.23. The quantitative estimate of drug-likeness (QED) is 0.523. The fourth-order valence-corrected chi connectivity index (χ4v) is 3.23. The third-order valence-corrected chi connectivity index (χ3v) is 4.68. The predicted octanol–water partition coefficient (Wildman–Crippen LogP) is 4.51. The Hall–Kier alpha value is -3.31. The third-order valence-electron chi connectivity index (χ3n) is 4.68. The molecular weight excluding hydrogens is 350 g/mol. The maximum atomic E-state index is 13.0. The van der Waals surface area contributed by atoms with E-state index >= 15 is 0 Å². The van der Waals surface area contributed by atoms with E-state index in [1.165, 1.54) is 0 Å². The molecule has 142 valence electrons. The van der Waals surface area contributed by atoms with Gasteiger partial charge in [-0.3, -0.25) is 4.79 Å². The number of aromatic nitrogens is 1. The molecule has 4 aromatic rings. The Kier molecular flexibility index (Phi) is 5.00. The Morgan fingerprint density at radius 1 is 0.964 bits per heavy atom.